The molecule has 0 unspecified atom stereocenters. The molecule has 2 rings (SSSR count). The first-order valence-corrected chi connectivity index (χ1v) is 5.89. The normalized spacial score (nSPS) is 18.2. The average Bonchev–Trinajstić information content (AvgIpc) is 2.17. The molecule has 1 fully saturated rings. The number of nitrogens with zero attached hydrogens (tertiary/aromatic N) is 4. The second-order valence-electron chi connectivity index (χ2n) is 3.92. The molecule has 0 saturated carbocycles. The topological polar surface area (TPSA) is 32.3 Å². The van der Waals surface area contributed by atoms with E-state index in [1.54, 1.807) is 0 Å². The van der Waals surface area contributed by atoms with Crippen molar-refractivity contribution in [1.82, 2.24) is 14.9 Å². The first-order chi connectivity index (χ1) is 7.15. The highest BCUT2D eigenvalue weighted by atomic mass is 79.9. The molecule has 0 aliphatic carbocycles. The van der Waals surface area contributed by atoms with Crippen molar-refractivity contribution in [1.29, 1.82) is 0 Å². The van der Waals surface area contributed by atoms with Gasteiger partial charge in [-0.15, -0.1) is 0 Å². The van der Waals surface area contributed by atoms with Crippen molar-refractivity contribution in [2.45, 2.75) is 6.92 Å². The number of likely N-dealkylation sites (N-methyl/N-ethyl adjacent to an activating group) is 1. The van der Waals surface area contributed by atoms with Gasteiger partial charge in [-0.1, -0.05) is 0 Å². The predicted octanol–water partition coefficient (Wildman–Crippen LogP) is 1.30. The third-order valence-electron chi connectivity index (χ3n) is 2.60. The highest BCUT2D eigenvalue weighted by Crippen LogP contribution is 2.15. The van der Waals surface area contributed by atoms with Crippen LogP contribution < -0.4 is 4.90 Å². The summed E-state index contributed by atoms with van der Waals surface area (Å²) in [6.45, 7) is 6.16. The van der Waals surface area contributed by atoms with Crippen molar-refractivity contribution in [3.8, 4) is 0 Å². The van der Waals surface area contributed by atoms with Crippen LogP contribution >= 0.6 is 15.9 Å². The lowest BCUT2D eigenvalue weighted by atomic mass is 10.3. The number of hydrogen-bond acceptors (Lipinski definition) is 4. The van der Waals surface area contributed by atoms with Crippen molar-refractivity contribution in [3.63, 3.8) is 0 Å². The lowest BCUT2D eigenvalue weighted by Crippen LogP contribution is -2.45. The van der Waals surface area contributed by atoms with E-state index in [1.807, 2.05) is 13.0 Å². The first-order valence-electron chi connectivity index (χ1n) is 5.10. The van der Waals surface area contributed by atoms with Gasteiger partial charge in [-0.25, -0.2) is 9.97 Å². The van der Waals surface area contributed by atoms with Gasteiger partial charge in [-0.3, -0.25) is 0 Å². The first kappa shape index (κ1) is 10.8. The van der Waals surface area contributed by atoms with Crippen LogP contribution in [-0.2, 0) is 0 Å². The Morgan fingerprint density at radius 1 is 1.20 bits per heavy atom. The van der Waals surface area contributed by atoms with Gasteiger partial charge in [-0.2, -0.15) is 0 Å². The van der Waals surface area contributed by atoms with Gasteiger partial charge in [0.25, 0.3) is 0 Å². The van der Waals surface area contributed by atoms with E-state index in [0.29, 0.717) is 0 Å². The molecular weight excluding hydrogens is 256 g/mol. The lowest BCUT2D eigenvalue weighted by molar-refractivity contribution is 0.311. The fourth-order valence-corrected chi connectivity index (χ4v) is 2.15. The van der Waals surface area contributed by atoms with Crippen molar-refractivity contribution >= 4 is 21.9 Å². The smallest absolute Gasteiger partial charge is 0.226 e. The molecule has 1 aromatic rings. The standard InChI is InChI=1S/C10H15BrN4/c1-8-7-9(11)13-10(12-8)15-5-3-14(2)4-6-15/h7H,3-6H2,1-2H3. The number of piperazine rings is 1. The molecule has 0 bridgehead atoms. The van der Waals surface area contributed by atoms with E-state index in [-0.39, 0.29) is 0 Å². The Hall–Kier alpha value is -0.680. The van der Waals surface area contributed by atoms with Gasteiger partial charge in [0, 0.05) is 31.9 Å². The summed E-state index contributed by atoms with van der Waals surface area (Å²) in [6.07, 6.45) is 0. The lowest BCUT2D eigenvalue weighted by Gasteiger charge is -2.32. The van der Waals surface area contributed by atoms with Crippen molar-refractivity contribution < 1.29 is 0 Å². The van der Waals surface area contributed by atoms with Crippen LogP contribution in [0.3, 0.4) is 0 Å². The summed E-state index contributed by atoms with van der Waals surface area (Å²) in [7, 11) is 2.14. The van der Waals surface area contributed by atoms with Gasteiger partial charge < -0.3 is 9.80 Å². The van der Waals surface area contributed by atoms with Gasteiger partial charge in [0.15, 0.2) is 0 Å². The fraction of sp³-hybridized carbons (Fsp3) is 0.600. The average molecular weight is 271 g/mol. The largest absolute Gasteiger partial charge is 0.338 e. The summed E-state index contributed by atoms with van der Waals surface area (Å²) in [4.78, 5) is 13.4. The molecule has 0 amide bonds. The molecule has 0 radical (unpaired) electrons. The van der Waals surface area contributed by atoms with Gasteiger partial charge in [0.05, 0.1) is 0 Å². The molecule has 0 N–H and O–H groups in total. The van der Waals surface area contributed by atoms with E-state index in [1.165, 1.54) is 0 Å². The van der Waals surface area contributed by atoms with E-state index in [4.69, 9.17) is 0 Å². The molecule has 4 nitrogen and oxygen atoms in total. The highest BCUT2D eigenvalue weighted by Gasteiger charge is 2.16. The minimum Gasteiger partial charge on any atom is -0.338 e. The van der Waals surface area contributed by atoms with Crippen molar-refractivity contribution in [2.24, 2.45) is 0 Å². The molecule has 0 spiro atoms. The van der Waals surface area contributed by atoms with Crippen LogP contribution in [-0.4, -0.2) is 48.1 Å². The molecule has 1 aliphatic rings. The minimum atomic E-state index is 0.843. The summed E-state index contributed by atoms with van der Waals surface area (Å²) in [5, 5.41) is 0. The molecule has 5 heteroatoms. The Bertz CT molecular complexity index is 327. The van der Waals surface area contributed by atoms with Gasteiger partial charge in [0.2, 0.25) is 5.95 Å². The third-order valence-corrected chi connectivity index (χ3v) is 3.00. The van der Waals surface area contributed by atoms with Crippen LogP contribution in [0.25, 0.3) is 0 Å². The molecule has 15 heavy (non-hydrogen) atoms. The third kappa shape index (κ3) is 2.66. The SMILES string of the molecule is Cc1cc(Br)nc(N2CCN(C)CC2)n1. The predicted molar refractivity (Wildman–Crippen MR) is 64.2 cm³/mol. The number of hydrogen-bond donors (Lipinski definition) is 0. The Morgan fingerprint density at radius 3 is 2.47 bits per heavy atom. The van der Waals surface area contributed by atoms with Gasteiger partial charge in [0.1, 0.15) is 4.60 Å². The maximum atomic E-state index is 4.45. The maximum absolute atomic E-state index is 4.45. The molecule has 1 aliphatic heterocycles. The Morgan fingerprint density at radius 2 is 1.87 bits per heavy atom. The molecule has 0 atom stereocenters. The molecular formula is C10H15BrN4. The summed E-state index contributed by atoms with van der Waals surface area (Å²) < 4.78 is 0.865. The van der Waals surface area contributed by atoms with Crippen molar-refractivity contribution in [2.75, 3.05) is 38.1 Å². The van der Waals surface area contributed by atoms with Gasteiger partial charge in [-0.05, 0) is 36.0 Å². The van der Waals surface area contributed by atoms with E-state index < -0.39 is 0 Å². The molecule has 1 aromatic heterocycles. The Balaban J connectivity index is 2.15. The van der Waals surface area contributed by atoms with E-state index in [2.05, 4.69) is 42.7 Å². The van der Waals surface area contributed by atoms with Crippen LogP contribution in [0.2, 0.25) is 0 Å². The van der Waals surface area contributed by atoms with E-state index >= 15 is 0 Å². The quantitative estimate of drug-likeness (QED) is 0.721. The number of aryl methyl sites for hydroxylation is 1. The number of anilines is 1. The summed E-state index contributed by atoms with van der Waals surface area (Å²) in [5.74, 6) is 0.843. The second-order valence-corrected chi connectivity index (χ2v) is 4.73. The summed E-state index contributed by atoms with van der Waals surface area (Å²) in [5.41, 5.74) is 1.01. The zero-order valence-electron chi connectivity index (χ0n) is 9.07. The van der Waals surface area contributed by atoms with Crippen LogP contribution in [0.1, 0.15) is 5.69 Å². The summed E-state index contributed by atoms with van der Waals surface area (Å²) >= 11 is 3.40. The number of halogens is 1. The van der Waals surface area contributed by atoms with Crippen LogP contribution in [0.4, 0.5) is 5.95 Å². The Labute approximate surface area is 98.4 Å². The fourth-order valence-electron chi connectivity index (χ4n) is 1.66. The zero-order chi connectivity index (χ0) is 10.8. The summed E-state index contributed by atoms with van der Waals surface area (Å²) in [6, 6.07) is 1.93. The monoisotopic (exact) mass is 270 g/mol. The molecule has 2 heterocycles. The maximum Gasteiger partial charge on any atom is 0.226 e. The number of rotatable bonds is 1. The van der Waals surface area contributed by atoms with E-state index in [9.17, 15) is 0 Å². The zero-order valence-corrected chi connectivity index (χ0v) is 10.7. The van der Waals surface area contributed by atoms with Crippen molar-refractivity contribution in [3.05, 3.63) is 16.4 Å². The molecule has 82 valence electrons. The molecule has 0 aromatic carbocycles. The Kier molecular flexibility index (Phi) is 3.21. The highest BCUT2D eigenvalue weighted by molar-refractivity contribution is 9.10. The van der Waals surface area contributed by atoms with Crippen LogP contribution in [0.15, 0.2) is 10.7 Å². The van der Waals surface area contributed by atoms with E-state index in [0.717, 1.165) is 42.4 Å². The van der Waals surface area contributed by atoms with Crippen LogP contribution in [0.5, 0.6) is 0 Å². The van der Waals surface area contributed by atoms with Crippen LogP contribution in [0, 0.1) is 6.92 Å². The minimum absolute atomic E-state index is 0.843. The number of aromatic nitrogens is 2. The second kappa shape index (κ2) is 4.45. The van der Waals surface area contributed by atoms with Gasteiger partial charge >= 0.3 is 0 Å². The molecule has 1 saturated heterocycles.